The number of carbonyl (C=O) groups excluding carboxylic acids is 1. The van der Waals surface area contributed by atoms with Gasteiger partial charge in [0.05, 0.1) is 0 Å². The van der Waals surface area contributed by atoms with Crippen molar-refractivity contribution in [1.82, 2.24) is 5.32 Å². The fourth-order valence-electron chi connectivity index (χ4n) is 1.54. The van der Waals surface area contributed by atoms with Crippen LogP contribution in [-0.4, -0.2) is 19.1 Å². The molecule has 0 saturated carbocycles. The molecular weight excluding hydrogens is 252 g/mol. The molecule has 0 fully saturated rings. The third-order valence-corrected chi connectivity index (χ3v) is 3.86. The number of nitrogens with two attached hydrogens (primary N) is 1. The fraction of sp³-hybridized carbons (Fsp3) is 0.562. The maximum absolute atomic E-state index is 11.8. The van der Waals surface area contributed by atoms with Crippen LogP contribution in [0.1, 0.15) is 33.3 Å². The molecule has 1 amide bonds. The lowest BCUT2D eigenvalue weighted by Gasteiger charge is -2.29. The first-order chi connectivity index (χ1) is 9.36. The SMILES string of the molecule is CC(C)C(C)(C)CNC(=O)COc1ccccc1CN. The Morgan fingerprint density at radius 1 is 1.35 bits per heavy atom. The molecule has 0 unspecified atom stereocenters. The van der Waals surface area contributed by atoms with Crippen molar-refractivity contribution in [3.63, 3.8) is 0 Å². The number of carbonyl (C=O) groups is 1. The maximum atomic E-state index is 11.8. The summed E-state index contributed by atoms with van der Waals surface area (Å²) in [5, 5.41) is 2.92. The Labute approximate surface area is 121 Å². The van der Waals surface area contributed by atoms with Gasteiger partial charge < -0.3 is 15.8 Å². The number of benzene rings is 1. The van der Waals surface area contributed by atoms with Gasteiger partial charge in [0.15, 0.2) is 6.61 Å². The zero-order valence-corrected chi connectivity index (χ0v) is 12.9. The summed E-state index contributed by atoms with van der Waals surface area (Å²) in [5.41, 5.74) is 6.61. The topological polar surface area (TPSA) is 64.3 Å². The minimum atomic E-state index is -0.106. The van der Waals surface area contributed by atoms with Gasteiger partial charge in [0, 0.05) is 18.7 Å². The van der Waals surface area contributed by atoms with Crippen molar-refractivity contribution in [3.8, 4) is 5.75 Å². The highest BCUT2D eigenvalue weighted by Gasteiger charge is 2.22. The lowest BCUT2D eigenvalue weighted by molar-refractivity contribution is -0.123. The number of para-hydroxylation sites is 1. The molecule has 0 aliphatic rings. The summed E-state index contributed by atoms with van der Waals surface area (Å²) in [7, 11) is 0. The first kappa shape index (κ1) is 16.5. The molecule has 112 valence electrons. The van der Waals surface area contributed by atoms with E-state index in [4.69, 9.17) is 10.5 Å². The third kappa shape index (κ3) is 4.85. The highest BCUT2D eigenvalue weighted by Crippen LogP contribution is 2.24. The lowest BCUT2D eigenvalue weighted by atomic mass is 9.81. The number of rotatable bonds is 7. The van der Waals surface area contributed by atoms with E-state index >= 15 is 0 Å². The normalized spacial score (nSPS) is 11.5. The van der Waals surface area contributed by atoms with E-state index in [1.165, 1.54) is 0 Å². The highest BCUT2D eigenvalue weighted by molar-refractivity contribution is 5.77. The Morgan fingerprint density at radius 3 is 2.60 bits per heavy atom. The molecule has 0 aromatic heterocycles. The second kappa shape index (κ2) is 7.29. The molecule has 4 heteroatoms. The van der Waals surface area contributed by atoms with Gasteiger partial charge in [0.1, 0.15) is 5.75 Å². The molecule has 1 aromatic rings. The van der Waals surface area contributed by atoms with E-state index in [1.807, 2.05) is 24.3 Å². The van der Waals surface area contributed by atoms with Crippen molar-refractivity contribution in [2.75, 3.05) is 13.2 Å². The lowest BCUT2D eigenvalue weighted by Crippen LogP contribution is -2.39. The van der Waals surface area contributed by atoms with Crippen LogP contribution in [0.4, 0.5) is 0 Å². The molecule has 0 spiro atoms. The van der Waals surface area contributed by atoms with Crippen molar-refractivity contribution >= 4 is 5.91 Å². The quantitative estimate of drug-likeness (QED) is 0.804. The molecule has 0 aliphatic carbocycles. The first-order valence-corrected chi connectivity index (χ1v) is 7.04. The second-order valence-electron chi connectivity index (χ2n) is 6.02. The first-order valence-electron chi connectivity index (χ1n) is 7.04. The van der Waals surface area contributed by atoms with Gasteiger partial charge >= 0.3 is 0 Å². The molecule has 0 atom stereocenters. The zero-order chi connectivity index (χ0) is 15.2. The number of amides is 1. The van der Waals surface area contributed by atoms with Crippen LogP contribution in [0.3, 0.4) is 0 Å². The summed E-state index contributed by atoms with van der Waals surface area (Å²) in [6, 6.07) is 7.50. The summed E-state index contributed by atoms with van der Waals surface area (Å²) in [6.45, 7) is 9.65. The maximum Gasteiger partial charge on any atom is 0.257 e. The Bertz CT molecular complexity index is 442. The van der Waals surface area contributed by atoms with Crippen LogP contribution in [-0.2, 0) is 11.3 Å². The molecule has 0 aliphatic heterocycles. The summed E-state index contributed by atoms with van der Waals surface area (Å²) < 4.78 is 5.52. The Morgan fingerprint density at radius 2 is 2.00 bits per heavy atom. The monoisotopic (exact) mass is 278 g/mol. The summed E-state index contributed by atoms with van der Waals surface area (Å²) in [5.74, 6) is 1.07. The predicted molar refractivity (Wildman–Crippen MR) is 81.5 cm³/mol. The molecule has 1 aromatic carbocycles. The van der Waals surface area contributed by atoms with E-state index in [2.05, 4.69) is 33.0 Å². The van der Waals surface area contributed by atoms with Gasteiger partial charge in [-0.2, -0.15) is 0 Å². The van der Waals surface area contributed by atoms with E-state index in [0.29, 0.717) is 24.8 Å². The summed E-state index contributed by atoms with van der Waals surface area (Å²) >= 11 is 0. The standard InChI is InChI=1S/C16H26N2O2/c1-12(2)16(3,4)11-18-15(19)10-20-14-8-6-5-7-13(14)9-17/h5-8,12H,9-11,17H2,1-4H3,(H,18,19). The van der Waals surface area contributed by atoms with E-state index in [-0.39, 0.29) is 17.9 Å². The van der Waals surface area contributed by atoms with Crippen molar-refractivity contribution in [1.29, 1.82) is 0 Å². The summed E-state index contributed by atoms with van der Waals surface area (Å²) in [6.07, 6.45) is 0. The van der Waals surface area contributed by atoms with Crippen molar-refractivity contribution in [2.24, 2.45) is 17.1 Å². The molecule has 20 heavy (non-hydrogen) atoms. The number of hydrogen-bond donors (Lipinski definition) is 2. The average Bonchev–Trinajstić information content (AvgIpc) is 2.43. The molecule has 4 nitrogen and oxygen atoms in total. The van der Waals surface area contributed by atoms with Gasteiger partial charge in [0.2, 0.25) is 0 Å². The van der Waals surface area contributed by atoms with Crippen LogP contribution < -0.4 is 15.8 Å². The molecule has 0 heterocycles. The molecular formula is C16H26N2O2. The van der Waals surface area contributed by atoms with E-state index in [1.54, 1.807) is 0 Å². The zero-order valence-electron chi connectivity index (χ0n) is 12.9. The van der Waals surface area contributed by atoms with E-state index in [9.17, 15) is 4.79 Å². The van der Waals surface area contributed by atoms with Gasteiger partial charge in [-0.25, -0.2) is 0 Å². The predicted octanol–water partition coefficient (Wildman–Crippen LogP) is 2.32. The number of hydrogen-bond acceptors (Lipinski definition) is 3. The van der Waals surface area contributed by atoms with Gasteiger partial charge in [-0.1, -0.05) is 45.9 Å². The molecule has 3 N–H and O–H groups in total. The highest BCUT2D eigenvalue weighted by atomic mass is 16.5. The van der Waals surface area contributed by atoms with Gasteiger partial charge in [0.25, 0.3) is 5.91 Å². The van der Waals surface area contributed by atoms with E-state index in [0.717, 1.165) is 5.56 Å². The van der Waals surface area contributed by atoms with Crippen LogP contribution in [0.2, 0.25) is 0 Å². The fourth-order valence-corrected chi connectivity index (χ4v) is 1.54. The van der Waals surface area contributed by atoms with Gasteiger partial charge in [-0.3, -0.25) is 4.79 Å². The van der Waals surface area contributed by atoms with Gasteiger partial charge in [-0.05, 0) is 17.4 Å². The van der Waals surface area contributed by atoms with Crippen LogP contribution in [0.25, 0.3) is 0 Å². The molecule has 0 radical (unpaired) electrons. The van der Waals surface area contributed by atoms with Crippen LogP contribution >= 0.6 is 0 Å². The average molecular weight is 278 g/mol. The minimum absolute atomic E-state index is 0.0190. The number of ether oxygens (including phenoxy) is 1. The number of nitrogens with one attached hydrogen (secondary N) is 1. The molecule has 1 rings (SSSR count). The van der Waals surface area contributed by atoms with Crippen LogP contribution in [0.5, 0.6) is 5.75 Å². The minimum Gasteiger partial charge on any atom is -0.483 e. The molecule has 0 bridgehead atoms. The third-order valence-electron chi connectivity index (χ3n) is 3.86. The van der Waals surface area contributed by atoms with Crippen molar-refractivity contribution in [3.05, 3.63) is 29.8 Å². The second-order valence-corrected chi connectivity index (χ2v) is 6.02. The van der Waals surface area contributed by atoms with Crippen LogP contribution in [0, 0.1) is 11.3 Å². The Balaban J connectivity index is 2.44. The largest absolute Gasteiger partial charge is 0.483 e. The van der Waals surface area contributed by atoms with Gasteiger partial charge in [-0.15, -0.1) is 0 Å². The van der Waals surface area contributed by atoms with Crippen LogP contribution in [0.15, 0.2) is 24.3 Å². The van der Waals surface area contributed by atoms with Crippen molar-refractivity contribution in [2.45, 2.75) is 34.2 Å². The molecule has 0 saturated heterocycles. The smallest absolute Gasteiger partial charge is 0.257 e. The Hall–Kier alpha value is -1.55. The summed E-state index contributed by atoms with van der Waals surface area (Å²) in [4.78, 5) is 11.8. The van der Waals surface area contributed by atoms with Crippen molar-refractivity contribution < 1.29 is 9.53 Å². The van der Waals surface area contributed by atoms with E-state index < -0.39 is 0 Å². The Kier molecular flexibility index (Phi) is 6.02.